The summed E-state index contributed by atoms with van der Waals surface area (Å²) in [6.45, 7) is 5.78. The summed E-state index contributed by atoms with van der Waals surface area (Å²) in [4.78, 5) is 16.7. The zero-order valence-corrected chi connectivity index (χ0v) is 16.4. The molecule has 3 N–H and O–H groups in total. The van der Waals surface area contributed by atoms with Crippen molar-refractivity contribution in [2.75, 3.05) is 11.9 Å². The van der Waals surface area contributed by atoms with Gasteiger partial charge in [0.15, 0.2) is 6.23 Å². The molecule has 146 valence electrons. The number of nitrogens with zero attached hydrogens (tertiary/aromatic N) is 2. The van der Waals surface area contributed by atoms with E-state index in [-0.39, 0.29) is 11.4 Å². The van der Waals surface area contributed by atoms with Gasteiger partial charge < -0.3 is 20.3 Å². The third-order valence-electron chi connectivity index (χ3n) is 4.13. The van der Waals surface area contributed by atoms with Gasteiger partial charge in [0.1, 0.15) is 11.9 Å². The minimum absolute atomic E-state index is 0.149. The number of anilines is 2. The highest BCUT2D eigenvalue weighted by atomic mass is 32.2. The molecule has 7 nitrogen and oxygen atoms in total. The number of benzene rings is 1. The molecule has 0 bridgehead atoms. The van der Waals surface area contributed by atoms with Crippen molar-refractivity contribution in [2.24, 2.45) is 0 Å². The number of aliphatic hydroxyl groups excluding tert-OH is 2. The van der Waals surface area contributed by atoms with Gasteiger partial charge in [-0.3, -0.25) is 4.57 Å². The summed E-state index contributed by atoms with van der Waals surface area (Å²) >= 11 is 1.52. The SMILES string of the molecule is CC(C)(C)S[C@@H]1[C@H](O)[C@H](CO)O[C@@H]1n1ccc(Nc2ccccc2)nc1=O. The molecule has 2 heterocycles. The largest absolute Gasteiger partial charge is 0.394 e. The summed E-state index contributed by atoms with van der Waals surface area (Å²) in [6, 6.07) is 11.1. The van der Waals surface area contributed by atoms with Crippen LogP contribution in [0.5, 0.6) is 0 Å². The molecule has 2 aromatic rings. The molecule has 0 unspecified atom stereocenters. The second kappa shape index (κ2) is 8.02. The fourth-order valence-corrected chi connectivity index (χ4v) is 4.42. The van der Waals surface area contributed by atoms with Gasteiger partial charge in [-0.25, -0.2) is 4.79 Å². The van der Waals surface area contributed by atoms with E-state index in [1.165, 1.54) is 16.3 Å². The van der Waals surface area contributed by atoms with E-state index in [9.17, 15) is 15.0 Å². The summed E-state index contributed by atoms with van der Waals surface area (Å²) in [6.07, 6.45) is -0.706. The second-order valence-corrected chi connectivity index (χ2v) is 9.43. The highest BCUT2D eigenvalue weighted by Crippen LogP contribution is 2.42. The molecular formula is C19H25N3O4S. The van der Waals surface area contributed by atoms with Crippen molar-refractivity contribution in [3.05, 3.63) is 53.1 Å². The van der Waals surface area contributed by atoms with Crippen LogP contribution in [0.4, 0.5) is 11.5 Å². The van der Waals surface area contributed by atoms with Gasteiger partial charge in [-0.15, -0.1) is 11.8 Å². The Labute approximate surface area is 162 Å². The molecule has 27 heavy (non-hydrogen) atoms. The average molecular weight is 391 g/mol. The number of nitrogens with one attached hydrogen (secondary N) is 1. The Morgan fingerprint density at radius 2 is 1.96 bits per heavy atom. The maximum atomic E-state index is 12.6. The maximum absolute atomic E-state index is 12.6. The number of rotatable bonds is 5. The van der Waals surface area contributed by atoms with Gasteiger partial charge in [0.05, 0.1) is 18.0 Å². The number of ether oxygens (including phenoxy) is 1. The zero-order valence-electron chi connectivity index (χ0n) is 15.6. The number of hydrogen-bond acceptors (Lipinski definition) is 7. The summed E-state index contributed by atoms with van der Waals surface area (Å²) in [5.74, 6) is 0.430. The van der Waals surface area contributed by atoms with Gasteiger partial charge >= 0.3 is 5.69 Å². The lowest BCUT2D eigenvalue weighted by atomic mass is 10.2. The van der Waals surface area contributed by atoms with Crippen molar-refractivity contribution >= 4 is 23.3 Å². The smallest absolute Gasteiger partial charge is 0.351 e. The van der Waals surface area contributed by atoms with E-state index in [0.717, 1.165) is 5.69 Å². The van der Waals surface area contributed by atoms with Crippen LogP contribution < -0.4 is 11.0 Å². The first-order valence-corrected chi connectivity index (χ1v) is 9.70. The van der Waals surface area contributed by atoms with Crippen LogP contribution in [-0.4, -0.2) is 48.6 Å². The van der Waals surface area contributed by atoms with Crippen molar-refractivity contribution in [2.45, 2.75) is 49.2 Å². The molecule has 1 aromatic carbocycles. The lowest BCUT2D eigenvalue weighted by Gasteiger charge is -2.28. The Hall–Kier alpha value is -1.87. The summed E-state index contributed by atoms with van der Waals surface area (Å²) < 4.78 is 7.01. The molecule has 3 rings (SSSR count). The van der Waals surface area contributed by atoms with Crippen LogP contribution in [0.3, 0.4) is 0 Å². The first-order chi connectivity index (χ1) is 12.8. The highest BCUT2D eigenvalue weighted by Gasteiger charge is 2.46. The average Bonchev–Trinajstić information content (AvgIpc) is 2.90. The quantitative estimate of drug-likeness (QED) is 0.718. The lowest BCUT2D eigenvalue weighted by molar-refractivity contribution is -0.0456. The number of hydrogen-bond donors (Lipinski definition) is 3. The molecular weight excluding hydrogens is 366 g/mol. The Balaban J connectivity index is 1.86. The van der Waals surface area contributed by atoms with E-state index in [0.29, 0.717) is 5.82 Å². The van der Waals surface area contributed by atoms with E-state index in [4.69, 9.17) is 4.74 Å². The fourth-order valence-electron chi connectivity index (χ4n) is 2.97. The normalized spacial score (nSPS) is 25.5. The molecule has 0 saturated carbocycles. The Morgan fingerprint density at radius 3 is 2.56 bits per heavy atom. The second-order valence-electron chi connectivity index (χ2n) is 7.43. The van der Waals surface area contributed by atoms with Crippen molar-refractivity contribution < 1.29 is 14.9 Å². The van der Waals surface area contributed by atoms with Gasteiger partial charge in [0.2, 0.25) is 0 Å². The summed E-state index contributed by atoms with van der Waals surface area (Å²) in [5, 5.41) is 22.7. The minimum atomic E-state index is -0.877. The first-order valence-electron chi connectivity index (χ1n) is 8.82. The van der Waals surface area contributed by atoms with E-state index < -0.39 is 29.4 Å². The fraction of sp³-hybridized carbons (Fsp3) is 0.474. The van der Waals surface area contributed by atoms with Crippen LogP contribution in [0, 0.1) is 0 Å². The van der Waals surface area contributed by atoms with Gasteiger partial charge in [0, 0.05) is 16.6 Å². The van der Waals surface area contributed by atoms with E-state index >= 15 is 0 Å². The summed E-state index contributed by atoms with van der Waals surface area (Å²) in [7, 11) is 0. The van der Waals surface area contributed by atoms with Crippen molar-refractivity contribution in [1.82, 2.24) is 9.55 Å². The molecule has 0 amide bonds. The molecule has 4 atom stereocenters. The van der Waals surface area contributed by atoms with E-state index in [1.54, 1.807) is 12.3 Å². The number of para-hydroxylation sites is 1. The van der Waals surface area contributed by atoms with Gasteiger partial charge in [-0.2, -0.15) is 4.98 Å². The third-order valence-corrected chi connectivity index (χ3v) is 5.62. The Morgan fingerprint density at radius 1 is 1.26 bits per heavy atom. The molecule has 1 aromatic heterocycles. The summed E-state index contributed by atoms with van der Waals surface area (Å²) in [5.41, 5.74) is 0.349. The van der Waals surface area contributed by atoms with Crippen LogP contribution in [0.15, 0.2) is 47.4 Å². The molecule has 0 spiro atoms. The Bertz CT molecular complexity index is 822. The standard InChI is InChI=1S/C19H25N3O4S/c1-19(2,3)27-16-15(24)13(11-23)26-17(16)22-10-9-14(21-18(22)25)20-12-7-5-4-6-8-12/h4-10,13,15-17,23-24H,11H2,1-3H3,(H,20,21,25)/t13-,15+,16+,17-/m0/s1. The topological polar surface area (TPSA) is 96.6 Å². The third kappa shape index (κ3) is 4.70. The Kier molecular flexibility index (Phi) is 5.90. The number of aliphatic hydroxyl groups is 2. The van der Waals surface area contributed by atoms with Crippen LogP contribution in [0.1, 0.15) is 27.0 Å². The van der Waals surface area contributed by atoms with Gasteiger partial charge in [-0.1, -0.05) is 39.0 Å². The van der Waals surface area contributed by atoms with Crippen LogP contribution in [-0.2, 0) is 4.74 Å². The predicted molar refractivity (Wildman–Crippen MR) is 106 cm³/mol. The zero-order chi connectivity index (χ0) is 19.6. The predicted octanol–water partition coefficient (Wildman–Crippen LogP) is 2.14. The van der Waals surface area contributed by atoms with Crippen LogP contribution in [0.25, 0.3) is 0 Å². The van der Waals surface area contributed by atoms with Crippen molar-refractivity contribution in [3.8, 4) is 0 Å². The van der Waals surface area contributed by atoms with E-state index in [2.05, 4.69) is 10.3 Å². The molecule has 1 aliphatic heterocycles. The van der Waals surface area contributed by atoms with Crippen molar-refractivity contribution in [1.29, 1.82) is 0 Å². The molecule has 1 saturated heterocycles. The van der Waals surface area contributed by atoms with Crippen LogP contribution >= 0.6 is 11.8 Å². The van der Waals surface area contributed by atoms with Crippen molar-refractivity contribution in [3.63, 3.8) is 0 Å². The minimum Gasteiger partial charge on any atom is -0.394 e. The molecule has 0 aliphatic carbocycles. The molecule has 0 radical (unpaired) electrons. The number of aromatic nitrogens is 2. The van der Waals surface area contributed by atoms with Gasteiger partial charge in [0.25, 0.3) is 0 Å². The van der Waals surface area contributed by atoms with E-state index in [1.807, 2.05) is 51.1 Å². The highest BCUT2D eigenvalue weighted by molar-refractivity contribution is 8.01. The van der Waals surface area contributed by atoms with Gasteiger partial charge in [-0.05, 0) is 18.2 Å². The molecule has 8 heteroatoms. The monoisotopic (exact) mass is 391 g/mol. The maximum Gasteiger partial charge on any atom is 0.351 e. The first kappa shape index (κ1) is 19.9. The molecule has 1 aliphatic rings. The number of thioether (sulfide) groups is 1. The lowest BCUT2D eigenvalue weighted by Crippen LogP contribution is -2.36. The molecule has 1 fully saturated rings. The van der Waals surface area contributed by atoms with Crippen LogP contribution in [0.2, 0.25) is 0 Å².